The van der Waals surface area contributed by atoms with Gasteiger partial charge >= 0.3 is 0 Å². The molecule has 9 heteroatoms. The van der Waals surface area contributed by atoms with Crippen molar-refractivity contribution in [2.24, 2.45) is 5.92 Å². The fraction of sp³-hybridized carbons (Fsp3) is 0.409. The van der Waals surface area contributed by atoms with Gasteiger partial charge in [0.1, 0.15) is 6.23 Å². The Morgan fingerprint density at radius 1 is 1.16 bits per heavy atom. The Bertz CT molecular complexity index is 1190. The van der Waals surface area contributed by atoms with Gasteiger partial charge in [0.15, 0.2) is 5.65 Å². The van der Waals surface area contributed by atoms with E-state index in [0.717, 1.165) is 42.3 Å². The Kier molecular flexibility index (Phi) is 5.21. The van der Waals surface area contributed by atoms with E-state index in [9.17, 15) is 13.5 Å². The van der Waals surface area contributed by atoms with Gasteiger partial charge in [0.2, 0.25) is 0 Å². The molecular formula is C22H26N4O4S. The third-order valence-electron chi connectivity index (χ3n) is 6.48. The van der Waals surface area contributed by atoms with Crippen molar-refractivity contribution in [1.29, 1.82) is 0 Å². The van der Waals surface area contributed by atoms with E-state index in [-0.39, 0.29) is 16.9 Å². The summed E-state index contributed by atoms with van der Waals surface area (Å²) < 4.78 is 32.8. The number of rotatable bonds is 5. The molecule has 164 valence electrons. The maximum Gasteiger partial charge on any atom is 0.269 e. The lowest BCUT2D eigenvalue weighted by atomic mass is 9.86. The number of pyridine rings is 1. The Morgan fingerprint density at radius 3 is 2.61 bits per heavy atom. The Hall–Kier alpha value is -2.46. The maximum atomic E-state index is 13.1. The molecule has 1 unspecified atom stereocenters. The molecule has 0 amide bonds. The van der Waals surface area contributed by atoms with E-state index >= 15 is 0 Å². The van der Waals surface area contributed by atoms with Crippen LogP contribution in [0.3, 0.4) is 0 Å². The second-order valence-corrected chi connectivity index (χ2v) is 10.1. The molecule has 1 atom stereocenters. The Balaban J connectivity index is 1.41. The topological polar surface area (TPSA) is 96.7 Å². The number of hydrogen-bond acceptors (Lipinski definition) is 7. The molecule has 8 nitrogen and oxygen atoms in total. The van der Waals surface area contributed by atoms with Gasteiger partial charge in [0.05, 0.1) is 22.9 Å². The molecule has 2 aliphatic rings. The molecular weight excluding hydrogens is 416 g/mol. The smallest absolute Gasteiger partial charge is 0.269 e. The van der Waals surface area contributed by atoms with Crippen LogP contribution in [0.4, 0.5) is 5.69 Å². The van der Waals surface area contributed by atoms with Crippen molar-refractivity contribution in [3.8, 4) is 0 Å². The average molecular weight is 443 g/mol. The molecule has 0 radical (unpaired) electrons. The minimum atomic E-state index is -3.74. The summed E-state index contributed by atoms with van der Waals surface area (Å²) >= 11 is 0. The third kappa shape index (κ3) is 3.51. The van der Waals surface area contributed by atoms with Gasteiger partial charge in [-0.3, -0.25) is 0 Å². The normalized spacial score (nSPS) is 22.9. The first-order chi connectivity index (χ1) is 15.0. The van der Waals surface area contributed by atoms with E-state index in [2.05, 4.69) is 10.4 Å². The maximum absolute atomic E-state index is 13.1. The first-order valence-electron chi connectivity index (χ1n) is 10.5. The zero-order chi connectivity index (χ0) is 21.6. The van der Waals surface area contributed by atoms with E-state index in [1.165, 1.54) is 3.97 Å². The molecule has 1 saturated carbocycles. The SMILES string of the molecule is CO[C@H]1CC[C@H](C(O)N2Cc3c(cnc4c3ccn4S(=O)(=O)c3ccccc3)N2)CC1. The van der Waals surface area contributed by atoms with E-state index in [0.29, 0.717) is 12.2 Å². The fourth-order valence-corrected chi connectivity index (χ4v) is 6.01. The van der Waals surface area contributed by atoms with Crippen molar-refractivity contribution in [3.05, 3.63) is 54.4 Å². The summed E-state index contributed by atoms with van der Waals surface area (Å²) in [7, 11) is -2.00. The summed E-state index contributed by atoms with van der Waals surface area (Å²) in [6.07, 6.45) is 6.56. The third-order valence-corrected chi connectivity index (χ3v) is 8.16. The molecule has 0 bridgehead atoms. The van der Waals surface area contributed by atoms with Crippen LogP contribution in [0.15, 0.2) is 53.7 Å². The number of aromatic nitrogens is 2. The standard InChI is InChI=1S/C22H26N4O4S/c1-30-16-9-7-15(8-10-16)22(27)25-14-19-18-11-12-26(21(18)23-13-20(19)24-25)31(28,29)17-5-3-2-4-6-17/h2-6,11-13,15-16,22,24,27H,7-10,14H2,1H3/t15-,16-,22?. The number of hydrazine groups is 1. The van der Waals surface area contributed by atoms with Crippen LogP contribution in [-0.4, -0.2) is 46.9 Å². The Labute approximate surface area is 181 Å². The minimum Gasteiger partial charge on any atom is -0.381 e. The van der Waals surface area contributed by atoms with E-state index in [1.54, 1.807) is 55.9 Å². The van der Waals surface area contributed by atoms with Crippen LogP contribution in [0, 0.1) is 5.92 Å². The number of nitrogens with one attached hydrogen (secondary N) is 1. The van der Waals surface area contributed by atoms with Crippen LogP contribution in [-0.2, 0) is 21.3 Å². The van der Waals surface area contributed by atoms with Crippen molar-refractivity contribution in [1.82, 2.24) is 14.0 Å². The molecule has 1 aromatic carbocycles. The van der Waals surface area contributed by atoms with Gasteiger partial charge in [-0.05, 0) is 43.9 Å². The zero-order valence-corrected chi connectivity index (χ0v) is 18.1. The highest BCUT2D eigenvalue weighted by molar-refractivity contribution is 7.90. The highest BCUT2D eigenvalue weighted by atomic mass is 32.2. The zero-order valence-electron chi connectivity index (χ0n) is 17.3. The monoisotopic (exact) mass is 442 g/mol. The summed E-state index contributed by atoms with van der Waals surface area (Å²) in [5.74, 6) is 0.166. The summed E-state index contributed by atoms with van der Waals surface area (Å²) in [6, 6.07) is 10.1. The number of aliphatic hydroxyl groups is 1. The van der Waals surface area contributed by atoms with Gasteiger partial charge < -0.3 is 15.3 Å². The van der Waals surface area contributed by atoms with Crippen molar-refractivity contribution in [2.45, 2.75) is 49.5 Å². The molecule has 2 aromatic heterocycles. The number of anilines is 1. The summed E-state index contributed by atoms with van der Waals surface area (Å²) in [5.41, 5.74) is 5.39. The van der Waals surface area contributed by atoms with Crippen LogP contribution in [0.25, 0.3) is 11.0 Å². The highest BCUT2D eigenvalue weighted by Crippen LogP contribution is 2.36. The van der Waals surface area contributed by atoms with Crippen LogP contribution in [0.5, 0.6) is 0 Å². The molecule has 31 heavy (non-hydrogen) atoms. The number of fused-ring (bicyclic) bond motifs is 3. The summed E-state index contributed by atoms with van der Waals surface area (Å²) in [5, 5.41) is 13.6. The number of nitrogens with zero attached hydrogens (tertiary/aromatic N) is 3. The fourth-order valence-electron chi connectivity index (χ4n) is 4.68. The molecule has 1 aliphatic heterocycles. The lowest BCUT2D eigenvalue weighted by Gasteiger charge is -2.34. The second-order valence-electron chi connectivity index (χ2n) is 8.24. The first-order valence-corrected chi connectivity index (χ1v) is 12.0. The van der Waals surface area contributed by atoms with Crippen LogP contribution in [0.2, 0.25) is 0 Å². The number of methoxy groups -OCH3 is 1. The predicted molar refractivity (Wildman–Crippen MR) is 117 cm³/mol. The highest BCUT2D eigenvalue weighted by Gasteiger charge is 2.34. The first kappa shape index (κ1) is 20.4. The number of ether oxygens (including phenoxy) is 1. The lowest BCUT2D eigenvalue weighted by molar-refractivity contribution is -0.0537. The largest absolute Gasteiger partial charge is 0.381 e. The van der Waals surface area contributed by atoms with Gasteiger partial charge in [-0.1, -0.05) is 18.2 Å². The average Bonchev–Trinajstić information content (AvgIpc) is 3.43. The van der Waals surface area contributed by atoms with Gasteiger partial charge in [-0.2, -0.15) is 5.01 Å². The Morgan fingerprint density at radius 2 is 1.90 bits per heavy atom. The van der Waals surface area contributed by atoms with E-state index in [4.69, 9.17) is 4.74 Å². The van der Waals surface area contributed by atoms with Gasteiger partial charge in [-0.15, -0.1) is 0 Å². The van der Waals surface area contributed by atoms with Gasteiger partial charge in [0.25, 0.3) is 10.0 Å². The molecule has 3 heterocycles. The minimum absolute atomic E-state index is 0.166. The molecule has 3 aromatic rings. The quantitative estimate of drug-likeness (QED) is 0.627. The number of hydrogen-bond donors (Lipinski definition) is 2. The van der Waals surface area contributed by atoms with Gasteiger partial charge in [-0.25, -0.2) is 17.4 Å². The predicted octanol–water partition coefficient (Wildman–Crippen LogP) is 2.94. The molecule has 0 saturated heterocycles. The van der Waals surface area contributed by atoms with Gasteiger partial charge in [0, 0.05) is 36.7 Å². The van der Waals surface area contributed by atoms with Crippen molar-refractivity contribution < 1.29 is 18.3 Å². The van der Waals surface area contributed by atoms with E-state index < -0.39 is 16.3 Å². The number of aliphatic hydroxyl groups excluding tert-OH is 1. The molecule has 1 fully saturated rings. The molecule has 2 N–H and O–H groups in total. The second kappa shape index (κ2) is 7.90. The van der Waals surface area contributed by atoms with Crippen LogP contribution >= 0.6 is 0 Å². The van der Waals surface area contributed by atoms with Crippen molar-refractivity contribution in [2.75, 3.05) is 12.5 Å². The van der Waals surface area contributed by atoms with Crippen LogP contribution < -0.4 is 5.43 Å². The van der Waals surface area contributed by atoms with E-state index in [1.807, 2.05) is 5.01 Å². The van der Waals surface area contributed by atoms with Crippen LogP contribution in [0.1, 0.15) is 31.2 Å². The number of benzene rings is 1. The summed E-state index contributed by atoms with van der Waals surface area (Å²) in [4.78, 5) is 4.65. The lowest BCUT2D eigenvalue weighted by Crippen LogP contribution is -2.42. The molecule has 1 aliphatic carbocycles. The molecule has 0 spiro atoms. The molecule has 5 rings (SSSR count). The van der Waals surface area contributed by atoms with Crippen molar-refractivity contribution in [3.63, 3.8) is 0 Å². The van der Waals surface area contributed by atoms with Crippen molar-refractivity contribution >= 4 is 26.7 Å². The summed E-state index contributed by atoms with van der Waals surface area (Å²) in [6.45, 7) is 0.481.